The summed E-state index contributed by atoms with van der Waals surface area (Å²) in [5.74, 6) is 5.75. The molecule has 3 aromatic carbocycles. The van der Waals surface area contributed by atoms with Gasteiger partial charge < -0.3 is 10.1 Å². The minimum absolute atomic E-state index is 0.175. The van der Waals surface area contributed by atoms with Crippen LogP contribution in [0.1, 0.15) is 33.6 Å². The van der Waals surface area contributed by atoms with E-state index in [4.69, 9.17) is 4.74 Å². The van der Waals surface area contributed by atoms with Crippen molar-refractivity contribution in [3.05, 3.63) is 77.9 Å². The Kier molecular flexibility index (Phi) is 6.47. The molecule has 0 spiro atoms. The van der Waals surface area contributed by atoms with Gasteiger partial charge in [0.1, 0.15) is 12.4 Å². The van der Waals surface area contributed by atoms with Crippen molar-refractivity contribution in [1.29, 1.82) is 0 Å². The SMILES string of the molecule is O=C(CCCN1C(=O)c2ccccc2C1=O)NCC#CCOc1cccc2ccccc12. The Hall–Kier alpha value is -4.11. The molecular formula is C26H22N2O4. The molecule has 1 N–H and O–H groups in total. The van der Waals surface area contributed by atoms with Crippen molar-refractivity contribution in [3.8, 4) is 17.6 Å². The lowest BCUT2D eigenvalue weighted by Gasteiger charge is -2.13. The van der Waals surface area contributed by atoms with Crippen LogP contribution in [0.5, 0.6) is 5.75 Å². The maximum absolute atomic E-state index is 12.3. The van der Waals surface area contributed by atoms with Gasteiger partial charge in [-0.05, 0) is 30.0 Å². The first kappa shape index (κ1) is 21.1. The number of nitrogens with zero attached hydrogens (tertiary/aromatic N) is 1. The molecule has 6 nitrogen and oxygen atoms in total. The Morgan fingerprint density at radius 2 is 1.56 bits per heavy atom. The number of imide groups is 1. The van der Waals surface area contributed by atoms with E-state index in [1.807, 2.05) is 42.5 Å². The molecule has 0 aromatic heterocycles. The Morgan fingerprint density at radius 3 is 2.34 bits per heavy atom. The molecule has 0 fully saturated rings. The summed E-state index contributed by atoms with van der Waals surface area (Å²) in [5.41, 5.74) is 0.839. The van der Waals surface area contributed by atoms with Crippen molar-refractivity contribution in [3.63, 3.8) is 0 Å². The van der Waals surface area contributed by atoms with Crippen LogP contribution >= 0.6 is 0 Å². The van der Waals surface area contributed by atoms with Crippen LogP contribution in [0.4, 0.5) is 0 Å². The summed E-state index contributed by atoms with van der Waals surface area (Å²) >= 11 is 0. The summed E-state index contributed by atoms with van der Waals surface area (Å²) in [4.78, 5) is 37.8. The fourth-order valence-corrected chi connectivity index (χ4v) is 3.62. The Bertz CT molecular complexity index is 1200. The van der Waals surface area contributed by atoms with E-state index in [2.05, 4.69) is 17.2 Å². The molecule has 3 aromatic rings. The highest BCUT2D eigenvalue weighted by atomic mass is 16.5. The van der Waals surface area contributed by atoms with E-state index in [1.165, 1.54) is 4.90 Å². The van der Waals surface area contributed by atoms with Gasteiger partial charge in [0.2, 0.25) is 5.91 Å². The molecule has 0 saturated heterocycles. The van der Waals surface area contributed by atoms with E-state index in [9.17, 15) is 14.4 Å². The van der Waals surface area contributed by atoms with E-state index in [0.717, 1.165) is 16.5 Å². The van der Waals surface area contributed by atoms with Crippen molar-refractivity contribution in [1.82, 2.24) is 10.2 Å². The molecule has 0 aliphatic carbocycles. The number of fused-ring (bicyclic) bond motifs is 2. The lowest BCUT2D eigenvalue weighted by atomic mass is 10.1. The van der Waals surface area contributed by atoms with E-state index in [1.54, 1.807) is 24.3 Å². The molecule has 1 aliphatic rings. The number of carbonyl (C=O) groups is 3. The monoisotopic (exact) mass is 426 g/mol. The van der Waals surface area contributed by atoms with E-state index in [-0.39, 0.29) is 43.8 Å². The summed E-state index contributed by atoms with van der Waals surface area (Å²) in [6.45, 7) is 0.651. The Morgan fingerprint density at radius 1 is 0.875 bits per heavy atom. The average molecular weight is 426 g/mol. The van der Waals surface area contributed by atoms with Gasteiger partial charge in [-0.1, -0.05) is 60.4 Å². The van der Waals surface area contributed by atoms with Crippen molar-refractivity contribution in [2.24, 2.45) is 0 Å². The van der Waals surface area contributed by atoms with Gasteiger partial charge in [-0.2, -0.15) is 0 Å². The quantitative estimate of drug-likeness (QED) is 0.464. The third kappa shape index (κ3) is 4.62. The van der Waals surface area contributed by atoms with Crippen molar-refractivity contribution >= 4 is 28.5 Å². The number of amides is 3. The maximum atomic E-state index is 12.3. The van der Waals surface area contributed by atoms with Gasteiger partial charge in [0.05, 0.1) is 17.7 Å². The summed E-state index contributed by atoms with van der Waals surface area (Å²) in [6, 6.07) is 20.6. The molecule has 4 rings (SSSR count). The van der Waals surface area contributed by atoms with E-state index in [0.29, 0.717) is 17.5 Å². The Balaban J connectivity index is 1.16. The zero-order valence-electron chi connectivity index (χ0n) is 17.5. The number of benzene rings is 3. The molecule has 6 heteroatoms. The van der Waals surface area contributed by atoms with E-state index < -0.39 is 0 Å². The van der Waals surface area contributed by atoms with Crippen molar-refractivity contribution in [2.45, 2.75) is 12.8 Å². The van der Waals surface area contributed by atoms with Crippen LogP contribution in [0.2, 0.25) is 0 Å². The smallest absolute Gasteiger partial charge is 0.261 e. The fraction of sp³-hybridized carbons (Fsp3) is 0.192. The fourth-order valence-electron chi connectivity index (χ4n) is 3.62. The maximum Gasteiger partial charge on any atom is 0.261 e. The van der Waals surface area contributed by atoms with Crippen LogP contribution in [-0.2, 0) is 4.79 Å². The van der Waals surface area contributed by atoms with Crippen LogP contribution in [0.25, 0.3) is 10.8 Å². The summed E-state index contributed by atoms with van der Waals surface area (Å²) in [6.07, 6.45) is 0.608. The molecule has 32 heavy (non-hydrogen) atoms. The zero-order chi connectivity index (χ0) is 22.3. The highest BCUT2D eigenvalue weighted by Gasteiger charge is 2.34. The Labute approximate surface area is 186 Å². The average Bonchev–Trinajstić information content (AvgIpc) is 3.06. The first-order valence-corrected chi connectivity index (χ1v) is 10.4. The van der Waals surface area contributed by atoms with Crippen LogP contribution in [0.15, 0.2) is 66.7 Å². The number of carbonyl (C=O) groups excluding carboxylic acids is 3. The molecule has 3 amide bonds. The lowest BCUT2D eigenvalue weighted by molar-refractivity contribution is -0.121. The molecule has 0 saturated carbocycles. The van der Waals surface area contributed by atoms with Crippen LogP contribution in [-0.4, -0.2) is 42.3 Å². The standard InChI is InChI=1S/C26H22N2O4/c29-24(15-8-17-28-25(30)21-12-3-4-13-22(21)26(28)31)27-16-5-6-18-32-23-14-7-10-19-9-1-2-11-20(19)23/h1-4,7,9-14H,8,15-18H2,(H,27,29). The number of rotatable bonds is 7. The first-order chi connectivity index (χ1) is 15.6. The molecule has 0 radical (unpaired) electrons. The highest BCUT2D eigenvalue weighted by Crippen LogP contribution is 2.25. The van der Waals surface area contributed by atoms with Crippen LogP contribution in [0, 0.1) is 11.8 Å². The number of ether oxygens (including phenoxy) is 1. The number of nitrogens with one attached hydrogen (secondary N) is 1. The second kappa shape index (κ2) is 9.80. The summed E-state index contributed by atoms with van der Waals surface area (Å²) in [5, 5.41) is 4.85. The molecule has 1 heterocycles. The van der Waals surface area contributed by atoms with Gasteiger partial charge in [-0.25, -0.2) is 0 Å². The highest BCUT2D eigenvalue weighted by molar-refractivity contribution is 6.21. The van der Waals surface area contributed by atoms with Gasteiger partial charge >= 0.3 is 0 Å². The minimum Gasteiger partial charge on any atom is -0.480 e. The zero-order valence-corrected chi connectivity index (χ0v) is 17.5. The molecule has 0 bridgehead atoms. The topological polar surface area (TPSA) is 75.7 Å². The van der Waals surface area contributed by atoms with Crippen LogP contribution in [0.3, 0.4) is 0 Å². The molecular weight excluding hydrogens is 404 g/mol. The second-order valence-corrected chi connectivity index (χ2v) is 7.31. The molecule has 0 atom stereocenters. The molecule has 1 aliphatic heterocycles. The minimum atomic E-state index is -0.303. The second-order valence-electron chi connectivity index (χ2n) is 7.31. The predicted molar refractivity (Wildman–Crippen MR) is 121 cm³/mol. The van der Waals surface area contributed by atoms with Crippen molar-refractivity contribution < 1.29 is 19.1 Å². The normalized spacial score (nSPS) is 12.3. The van der Waals surface area contributed by atoms with Gasteiger partial charge in [-0.15, -0.1) is 0 Å². The largest absolute Gasteiger partial charge is 0.480 e. The van der Waals surface area contributed by atoms with Gasteiger partial charge in [-0.3, -0.25) is 19.3 Å². The lowest BCUT2D eigenvalue weighted by Crippen LogP contribution is -2.32. The third-order valence-corrected chi connectivity index (χ3v) is 5.21. The first-order valence-electron chi connectivity index (χ1n) is 10.4. The number of hydrogen-bond acceptors (Lipinski definition) is 4. The van der Waals surface area contributed by atoms with Gasteiger partial charge in [0, 0.05) is 18.4 Å². The number of hydrogen-bond donors (Lipinski definition) is 1. The van der Waals surface area contributed by atoms with Gasteiger partial charge in [0.25, 0.3) is 11.8 Å². The van der Waals surface area contributed by atoms with Crippen molar-refractivity contribution in [2.75, 3.05) is 19.7 Å². The predicted octanol–water partition coefficient (Wildman–Crippen LogP) is 3.41. The van der Waals surface area contributed by atoms with Crippen LogP contribution < -0.4 is 10.1 Å². The summed E-state index contributed by atoms with van der Waals surface area (Å²) < 4.78 is 5.74. The molecule has 160 valence electrons. The molecule has 0 unspecified atom stereocenters. The third-order valence-electron chi connectivity index (χ3n) is 5.21. The van der Waals surface area contributed by atoms with Gasteiger partial charge in [0.15, 0.2) is 0 Å². The van der Waals surface area contributed by atoms with E-state index >= 15 is 0 Å². The summed E-state index contributed by atoms with van der Waals surface area (Å²) in [7, 11) is 0.